The summed E-state index contributed by atoms with van der Waals surface area (Å²) < 4.78 is 0. The molecule has 0 saturated carbocycles. The first kappa shape index (κ1) is 5.00. The van der Waals surface area contributed by atoms with Crippen molar-refractivity contribution in [2.24, 2.45) is 5.92 Å². The highest BCUT2D eigenvalue weighted by Crippen LogP contribution is 1.92. The molecule has 0 spiro atoms. The first-order valence-corrected chi connectivity index (χ1v) is 2.07. The second-order valence-corrected chi connectivity index (χ2v) is 1.58. The van der Waals surface area contributed by atoms with Gasteiger partial charge in [-0.15, -0.1) is 0 Å². The van der Waals surface area contributed by atoms with E-state index in [-0.39, 0.29) is 0 Å². The Morgan fingerprint density at radius 2 is 1.60 bits per heavy atom. The molecule has 0 saturated heterocycles. The summed E-state index contributed by atoms with van der Waals surface area (Å²) in [5.74, 6) is 0.759. The van der Waals surface area contributed by atoms with Crippen molar-refractivity contribution >= 4 is 0 Å². The quantitative estimate of drug-likeness (QED) is 0.414. The van der Waals surface area contributed by atoms with Gasteiger partial charge in [0.1, 0.15) is 0 Å². The van der Waals surface area contributed by atoms with Crippen LogP contribution in [0, 0.1) is 12.3 Å². The third kappa shape index (κ3) is 4.00. The van der Waals surface area contributed by atoms with E-state index in [4.69, 9.17) is 0 Å². The SMILES string of the molecule is C[CH-]C(C)C. The van der Waals surface area contributed by atoms with Gasteiger partial charge in [-0.05, 0) is 0 Å². The van der Waals surface area contributed by atoms with Gasteiger partial charge in [0, 0.05) is 0 Å². The van der Waals surface area contributed by atoms with Crippen LogP contribution in [0.1, 0.15) is 20.8 Å². The zero-order valence-electron chi connectivity index (χ0n) is 4.15. The van der Waals surface area contributed by atoms with Crippen LogP contribution >= 0.6 is 0 Å². The first-order chi connectivity index (χ1) is 2.27. The fraction of sp³-hybridized carbons (Fsp3) is 0.800. The molecule has 0 aliphatic carbocycles. The van der Waals surface area contributed by atoms with E-state index < -0.39 is 0 Å². The van der Waals surface area contributed by atoms with Crippen LogP contribution in [0.2, 0.25) is 0 Å². The highest BCUT2D eigenvalue weighted by Gasteiger charge is 1.66. The molecule has 0 atom stereocenters. The van der Waals surface area contributed by atoms with Gasteiger partial charge >= 0.3 is 0 Å². The van der Waals surface area contributed by atoms with Crippen LogP contribution in [0.3, 0.4) is 0 Å². The monoisotopic (exact) mass is 71.1 g/mol. The third-order valence-corrected chi connectivity index (χ3v) is 0.667. The summed E-state index contributed by atoms with van der Waals surface area (Å²) in [6.07, 6.45) is 2.17. The second-order valence-electron chi connectivity index (χ2n) is 1.58. The molecule has 32 valence electrons. The van der Waals surface area contributed by atoms with E-state index in [9.17, 15) is 0 Å². The van der Waals surface area contributed by atoms with Crippen molar-refractivity contribution in [3.63, 3.8) is 0 Å². The van der Waals surface area contributed by atoms with Gasteiger partial charge in [0.15, 0.2) is 0 Å². The molecule has 0 unspecified atom stereocenters. The summed E-state index contributed by atoms with van der Waals surface area (Å²) in [6.45, 7) is 6.41. The minimum atomic E-state index is 0.759. The predicted molar refractivity (Wildman–Crippen MR) is 24.8 cm³/mol. The summed E-state index contributed by atoms with van der Waals surface area (Å²) in [6, 6.07) is 0. The minimum absolute atomic E-state index is 0.759. The van der Waals surface area contributed by atoms with E-state index >= 15 is 0 Å². The first-order valence-electron chi connectivity index (χ1n) is 2.07. The van der Waals surface area contributed by atoms with E-state index in [2.05, 4.69) is 27.2 Å². The van der Waals surface area contributed by atoms with Gasteiger partial charge < -0.3 is 6.42 Å². The van der Waals surface area contributed by atoms with Crippen LogP contribution in [0.15, 0.2) is 0 Å². The van der Waals surface area contributed by atoms with Crippen molar-refractivity contribution in [2.75, 3.05) is 0 Å². The largest absolute Gasteiger partial charge is 0.329 e. The van der Waals surface area contributed by atoms with Crippen LogP contribution in [-0.2, 0) is 0 Å². The lowest BCUT2D eigenvalue weighted by Crippen LogP contribution is -1.78. The predicted octanol–water partition coefficient (Wildman–Crippen LogP) is 1.87. The van der Waals surface area contributed by atoms with E-state index in [1.54, 1.807) is 0 Å². The Hall–Kier alpha value is 0. The molecule has 0 rings (SSSR count). The molecule has 0 heteroatoms. The van der Waals surface area contributed by atoms with Gasteiger partial charge in [-0.1, -0.05) is 13.8 Å². The summed E-state index contributed by atoms with van der Waals surface area (Å²) >= 11 is 0. The Morgan fingerprint density at radius 3 is 1.60 bits per heavy atom. The van der Waals surface area contributed by atoms with Gasteiger partial charge in [0.25, 0.3) is 0 Å². The number of rotatable bonds is 1. The summed E-state index contributed by atoms with van der Waals surface area (Å²) in [4.78, 5) is 0. The van der Waals surface area contributed by atoms with Crippen LogP contribution < -0.4 is 0 Å². The number of hydrogen-bond acceptors (Lipinski definition) is 0. The van der Waals surface area contributed by atoms with Gasteiger partial charge in [0.05, 0.1) is 0 Å². The third-order valence-electron chi connectivity index (χ3n) is 0.667. The summed E-state index contributed by atoms with van der Waals surface area (Å²) in [7, 11) is 0. The standard InChI is InChI=1S/C5H11/c1-4-5(2)3/h4-5H,1-3H3/q-1. The minimum Gasteiger partial charge on any atom is -0.329 e. The molecule has 5 heavy (non-hydrogen) atoms. The molecule has 0 heterocycles. The molecule has 0 radical (unpaired) electrons. The molecule has 0 aliphatic heterocycles. The lowest BCUT2D eigenvalue weighted by atomic mass is 10.2. The maximum atomic E-state index is 2.17. The van der Waals surface area contributed by atoms with Gasteiger partial charge in [-0.25, -0.2) is 0 Å². The molecule has 0 aromatic heterocycles. The van der Waals surface area contributed by atoms with Crippen LogP contribution in [0.25, 0.3) is 0 Å². The molecular formula is C5H11-. The summed E-state index contributed by atoms with van der Waals surface area (Å²) in [5.41, 5.74) is 0. The fourth-order valence-corrected chi connectivity index (χ4v) is 0. The number of hydrogen-bond donors (Lipinski definition) is 0. The Morgan fingerprint density at radius 1 is 1.40 bits per heavy atom. The molecule has 0 aromatic rings. The Labute approximate surface area is 34.2 Å². The van der Waals surface area contributed by atoms with E-state index in [0.29, 0.717) is 0 Å². The van der Waals surface area contributed by atoms with E-state index in [0.717, 1.165) is 5.92 Å². The Bertz CT molecular complexity index is 14.0. The molecule has 0 aliphatic rings. The van der Waals surface area contributed by atoms with Crippen LogP contribution in [0.4, 0.5) is 0 Å². The molecule has 0 bridgehead atoms. The van der Waals surface area contributed by atoms with Crippen molar-refractivity contribution in [3.8, 4) is 0 Å². The van der Waals surface area contributed by atoms with Crippen LogP contribution in [0.5, 0.6) is 0 Å². The fourth-order valence-electron chi connectivity index (χ4n) is 0. The maximum absolute atomic E-state index is 2.17. The average Bonchev–Trinajstić information content (AvgIpc) is 1.38. The van der Waals surface area contributed by atoms with Crippen molar-refractivity contribution in [3.05, 3.63) is 6.42 Å². The Balaban J connectivity index is 2.54. The maximum Gasteiger partial charge on any atom is -0.0901 e. The highest BCUT2D eigenvalue weighted by atomic mass is 13.9. The zero-order chi connectivity index (χ0) is 4.28. The van der Waals surface area contributed by atoms with Crippen molar-refractivity contribution < 1.29 is 0 Å². The Kier molecular flexibility index (Phi) is 2.25. The van der Waals surface area contributed by atoms with Crippen LogP contribution in [-0.4, -0.2) is 0 Å². The molecule has 0 nitrogen and oxygen atoms in total. The topological polar surface area (TPSA) is 0 Å². The second kappa shape index (κ2) is 2.25. The van der Waals surface area contributed by atoms with Crippen molar-refractivity contribution in [2.45, 2.75) is 20.8 Å². The van der Waals surface area contributed by atoms with Crippen molar-refractivity contribution in [1.29, 1.82) is 0 Å². The molecular weight excluding hydrogens is 60.1 g/mol. The average molecular weight is 71.1 g/mol. The molecule has 0 fully saturated rings. The van der Waals surface area contributed by atoms with Gasteiger partial charge in [-0.3, -0.25) is 0 Å². The summed E-state index contributed by atoms with van der Waals surface area (Å²) in [5, 5.41) is 0. The normalized spacial score (nSPS) is 9.60. The smallest absolute Gasteiger partial charge is 0.0901 e. The molecule has 0 N–H and O–H groups in total. The van der Waals surface area contributed by atoms with Gasteiger partial charge in [0.2, 0.25) is 0 Å². The van der Waals surface area contributed by atoms with E-state index in [1.165, 1.54) is 0 Å². The lowest BCUT2D eigenvalue weighted by Gasteiger charge is -2.04. The van der Waals surface area contributed by atoms with E-state index in [1.807, 2.05) is 0 Å². The highest BCUT2D eigenvalue weighted by molar-refractivity contribution is 4.58. The molecule has 0 aromatic carbocycles. The molecule has 0 amide bonds. The van der Waals surface area contributed by atoms with Gasteiger partial charge in [-0.2, -0.15) is 12.8 Å². The lowest BCUT2D eigenvalue weighted by molar-refractivity contribution is 0.762. The zero-order valence-corrected chi connectivity index (χ0v) is 4.15. The van der Waals surface area contributed by atoms with Crippen molar-refractivity contribution in [1.82, 2.24) is 0 Å².